The van der Waals surface area contributed by atoms with Gasteiger partial charge in [0.05, 0.1) is 0 Å². The number of hydrogen-bond acceptors (Lipinski definition) is 3. The molecule has 4 unspecified atom stereocenters. The molecule has 5 fully saturated rings. The zero-order valence-electron chi connectivity index (χ0n) is 23.9. The number of carbonyl (C=O) groups excluding carboxylic acids is 1. The number of carboxylic acids is 1. The Morgan fingerprint density at radius 1 is 0.806 bits per heavy atom. The van der Waals surface area contributed by atoms with Crippen LogP contribution in [0.5, 0.6) is 0 Å². The van der Waals surface area contributed by atoms with E-state index in [1.165, 1.54) is 51.0 Å². The third kappa shape index (κ3) is 3.17. The monoisotopic (exact) mass is 498 g/mol. The molecule has 5 saturated carbocycles. The number of fused-ring (bicyclic) bond motifs is 7. The van der Waals surface area contributed by atoms with Crippen LogP contribution in [-0.2, 0) is 14.3 Å². The molecule has 0 radical (unpaired) electrons. The highest BCUT2D eigenvalue weighted by molar-refractivity contribution is 5.77. The van der Waals surface area contributed by atoms with Gasteiger partial charge in [-0.1, -0.05) is 39.8 Å². The van der Waals surface area contributed by atoms with Crippen LogP contribution in [0.25, 0.3) is 0 Å². The van der Waals surface area contributed by atoms with Gasteiger partial charge in [-0.25, -0.2) is 0 Å². The molecule has 5 aliphatic rings. The third-order valence-electron chi connectivity index (χ3n) is 13.9. The predicted octanol–water partition coefficient (Wildman–Crippen LogP) is 7.66. The SMILES string of the molecule is C=C(C)[C@@H]1CC[C@]2(C)CC[C@]3(C)C(CCC4[C@@]5(C)CC[C@@H](OC(C)=O)[C@](C)(C(=O)O)C5CC[C@]43C)C12. The van der Waals surface area contributed by atoms with E-state index in [1.54, 1.807) is 0 Å². The van der Waals surface area contributed by atoms with Gasteiger partial charge in [0.2, 0.25) is 0 Å². The van der Waals surface area contributed by atoms with Gasteiger partial charge in [0.1, 0.15) is 11.5 Å². The second-order valence-electron chi connectivity index (χ2n) is 15.1. The quantitative estimate of drug-likeness (QED) is 0.320. The molecule has 4 heteroatoms. The van der Waals surface area contributed by atoms with Crippen LogP contribution in [0, 0.1) is 56.7 Å². The predicted molar refractivity (Wildman–Crippen MR) is 142 cm³/mol. The molecule has 202 valence electrons. The summed E-state index contributed by atoms with van der Waals surface area (Å²) >= 11 is 0. The van der Waals surface area contributed by atoms with Gasteiger partial charge in [-0.05, 0) is 129 Å². The summed E-state index contributed by atoms with van der Waals surface area (Å²) in [5, 5.41) is 10.5. The summed E-state index contributed by atoms with van der Waals surface area (Å²) in [5.74, 6) is 1.50. The lowest BCUT2D eigenvalue weighted by Gasteiger charge is -2.72. The van der Waals surface area contributed by atoms with Crippen molar-refractivity contribution in [3.63, 3.8) is 0 Å². The van der Waals surface area contributed by atoms with E-state index in [-0.39, 0.29) is 28.1 Å². The zero-order valence-corrected chi connectivity index (χ0v) is 23.9. The third-order valence-corrected chi connectivity index (χ3v) is 13.9. The van der Waals surface area contributed by atoms with Gasteiger partial charge in [-0.3, -0.25) is 9.59 Å². The van der Waals surface area contributed by atoms with Crippen molar-refractivity contribution in [1.29, 1.82) is 0 Å². The topological polar surface area (TPSA) is 63.6 Å². The molecule has 0 amide bonds. The highest BCUT2D eigenvalue weighted by Gasteiger charge is 2.72. The minimum atomic E-state index is -1.03. The molecule has 1 N–H and O–H groups in total. The first-order chi connectivity index (χ1) is 16.6. The summed E-state index contributed by atoms with van der Waals surface area (Å²) in [5.41, 5.74) is 1.24. The van der Waals surface area contributed by atoms with Crippen LogP contribution in [0.2, 0.25) is 0 Å². The lowest BCUT2D eigenvalue weighted by atomic mass is 9.32. The average Bonchev–Trinajstić information content (AvgIpc) is 3.14. The van der Waals surface area contributed by atoms with Crippen LogP contribution < -0.4 is 0 Å². The van der Waals surface area contributed by atoms with Crippen LogP contribution >= 0.6 is 0 Å². The standard InChI is InChI=1S/C32H50O4/c1-19(2)21-11-14-28(4)17-18-30(6)22(26(21)28)9-10-23-29(5)15-13-25(36-20(3)33)32(8,27(34)35)24(29)12-16-31(23,30)7/h21-26H,1,9-18H2,2-8H3,(H,34,35)/t21-,22?,23?,24?,25+,26?,28+,29+,30+,31+,32+/m0/s1. The molecule has 0 saturated heterocycles. The zero-order chi connectivity index (χ0) is 26.5. The lowest BCUT2D eigenvalue weighted by Crippen LogP contribution is -2.68. The average molecular weight is 499 g/mol. The summed E-state index contributed by atoms with van der Waals surface area (Å²) in [6, 6.07) is 0. The largest absolute Gasteiger partial charge is 0.481 e. The number of carboxylic acid groups (broad SMARTS) is 1. The van der Waals surface area contributed by atoms with Crippen LogP contribution in [-0.4, -0.2) is 23.1 Å². The van der Waals surface area contributed by atoms with E-state index in [4.69, 9.17) is 4.74 Å². The Balaban J connectivity index is 1.53. The van der Waals surface area contributed by atoms with E-state index in [0.717, 1.165) is 31.1 Å². The van der Waals surface area contributed by atoms with Gasteiger partial charge in [-0.2, -0.15) is 0 Å². The van der Waals surface area contributed by atoms with Crippen molar-refractivity contribution in [2.75, 3.05) is 0 Å². The number of ether oxygens (including phenoxy) is 1. The normalized spacial score (nSPS) is 53.9. The number of carbonyl (C=O) groups is 2. The smallest absolute Gasteiger partial charge is 0.313 e. The Bertz CT molecular complexity index is 971. The van der Waals surface area contributed by atoms with Crippen molar-refractivity contribution in [1.82, 2.24) is 0 Å². The van der Waals surface area contributed by atoms with Crippen molar-refractivity contribution < 1.29 is 19.4 Å². The van der Waals surface area contributed by atoms with Crippen molar-refractivity contribution in [3.8, 4) is 0 Å². The molecule has 0 heterocycles. The molecule has 0 aromatic heterocycles. The molecule has 0 bridgehead atoms. The Morgan fingerprint density at radius 2 is 1.50 bits per heavy atom. The van der Waals surface area contributed by atoms with Crippen LogP contribution in [0.4, 0.5) is 0 Å². The molecular formula is C32H50O4. The molecule has 5 rings (SSSR count). The summed E-state index contributed by atoms with van der Waals surface area (Å²) < 4.78 is 5.69. The fraction of sp³-hybridized carbons (Fsp3) is 0.875. The van der Waals surface area contributed by atoms with Crippen LogP contribution in [0.1, 0.15) is 113 Å². The van der Waals surface area contributed by atoms with E-state index >= 15 is 0 Å². The number of rotatable bonds is 3. The minimum Gasteiger partial charge on any atom is -0.481 e. The number of aliphatic carboxylic acids is 1. The summed E-state index contributed by atoms with van der Waals surface area (Å²) in [7, 11) is 0. The number of allylic oxidation sites excluding steroid dienone is 1. The molecule has 5 aliphatic carbocycles. The Morgan fingerprint density at radius 3 is 2.11 bits per heavy atom. The van der Waals surface area contributed by atoms with E-state index in [2.05, 4.69) is 41.2 Å². The fourth-order valence-corrected chi connectivity index (χ4v) is 11.8. The van der Waals surface area contributed by atoms with E-state index < -0.39 is 17.5 Å². The first-order valence-electron chi connectivity index (χ1n) is 14.7. The Kier molecular flexibility index (Phi) is 5.91. The first-order valence-corrected chi connectivity index (χ1v) is 14.7. The second kappa shape index (κ2) is 8.09. The lowest BCUT2D eigenvalue weighted by molar-refractivity contribution is -0.252. The molecule has 0 spiro atoms. The Labute approximate surface area is 219 Å². The highest BCUT2D eigenvalue weighted by atomic mass is 16.5. The van der Waals surface area contributed by atoms with E-state index in [0.29, 0.717) is 23.7 Å². The van der Waals surface area contributed by atoms with Crippen molar-refractivity contribution in [2.45, 2.75) is 119 Å². The van der Waals surface area contributed by atoms with E-state index in [9.17, 15) is 14.7 Å². The van der Waals surface area contributed by atoms with Gasteiger partial charge < -0.3 is 9.84 Å². The van der Waals surface area contributed by atoms with Crippen LogP contribution in [0.15, 0.2) is 12.2 Å². The summed E-state index contributed by atoms with van der Waals surface area (Å²) in [4.78, 5) is 24.8. The maximum Gasteiger partial charge on any atom is 0.313 e. The van der Waals surface area contributed by atoms with Crippen molar-refractivity contribution >= 4 is 11.9 Å². The van der Waals surface area contributed by atoms with Crippen molar-refractivity contribution in [3.05, 3.63) is 12.2 Å². The summed E-state index contributed by atoms with van der Waals surface area (Å²) in [6.07, 6.45) is 10.8. The maximum absolute atomic E-state index is 12.9. The maximum atomic E-state index is 12.9. The Hall–Kier alpha value is -1.32. The first kappa shape index (κ1) is 26.3. The number of hydrogen-bond donors (Lipinski definition) is 1. The molecular weight excluding hydrogens is 448 g/mol. The molecule has 0 aromatic rings. The van der Waals surface area contributed by atoms with Crippen molar-refractivity contribution in [2.24, 2.45) is 56.7 Å². The van der Waals surface area contributed by atoms with Gasteiger partial charge in [0.25, 0.3) is 0 Å². The molecule has 4 nitrogen and oxygen atoms in total. The molecule has 0 aromatic carbocycles. The summed E-state index contributed by atoms with van der Waals surface area (Å²) in [6.45, 7) is 20.2. The highest BCUT2D eigenvalue weighted by Crippen LogP contribution is 2.77. The minimum absolute atomic E-state index is 0.0299. The second-order valence-corrected chi connectivity index (χ2v) is 15.1. The van der Waals surface area contributed by atoms with E-state index in [1.807, 2.05) is 6.92 Å². The van der Waals surface area contributed by atoms with Gasteiger partial charge >= 0.3 is 11.9 Å². The van der Waals surface area contributed by atoms with Gasteiger partial charge in [0, 0.05) is 6.92 Å². The van der Waals surface area contributed by atoms with Gasteiger partial charge in [0.15, 0.2) is 0 Å². The fourth-order valence-electron chi connectivity index (χ4n) is 11.8. The molecule has 36 heavy (non-hydrogen) atoms. The van der Waals surface area contributed by atoms with Gasteiger partial charge in [-0.15, -0.1) is 0 Å². The number of esters is 1. The van der Waals surface area contributed by atoms with Crippen LogP contribution in [0.3, 0.4) is 0 Å². The molecule has 11 atom stereocenters. The molecule has 0 aliphatic heterocycles.